The highest BCUT2D eigenvalue weighted by molar-refractivity contribution is 7.09. The van der Waals surface area contributed by atoms with E-state index in [9.17, 15) is 0 Å². The number of fused-ring (bicyclic) bond motifs is 1. The van der Waals surface area contributed by atoms with Gasteiger partial charge >= 0.3 is 0 Å². The van der Waals surface area contributed by atoms with Gasteiger partial charge in [-0.15, -0.1) is 11.3 Å². The molecule has 3 nitrogen and oxygen atoms in total. The maximum absolute atomic E-state index is 5.75. The lowest BCUT2D eigenvalue weighted by Gasteiger charge is -2.00. The van der Waals surface area contributed by atoms with Gasteiger partial charge in [-0.3, -0.25) is 0 Å². The van der Waals surface area contributed by atoms with E-state index in [1.807, 2.05) is 25.1 Å². The van der Waals surface area contributed by atoms with E-state index in [1.165, 1.54) is 5.01 Å². The summed E-state index contributed by atoms with van der Waals surface area (Å²) in [6.45, 7) is 3.71. The van der Waals surface area contributed by atoms with Crippen LogP contribution in [-0.2, 0) is 13.0 Å². The molecule has 4 heteroatoms. The molecule has 0 saturated carbocycles. The fourth-order valence-electron chi connectivity index (χ4n) is 2.05. The van der Waals surface area contributed by atoms with Crippen molar-refractivity contribution in [1.82, 2.24) is 10.3 Å². The van der Waals surface area contributed by atoms with Crippen molar-refractivity contribution >= 4 is 22.3 Å². The molecule has 3 rings (SSSR count). The van der Waals surface area contributed by atoms with Crippen LogP contribution in [0.25, 0.3) is 11.0 Å². The molecule has 3 aromatic rings. The molecular formula is C15H16N2OS. The van der Waals surface area contributed by atoms with Crippen molar-refractivity contribution < 1.29 is 4.42 Å². The van der Waals surface area contributed by atoms with E-state index in [-0.39, 0.29) is 0 Å². The number of rotatable bonds is 5. The molecular weight excluding hydrogens is 256 g/mol. The number of nitrogens with one attached hydrogen (secondary N) is 1. The standard InChI is InChI=1S/C15H16N2OS/c1-11-10-19-15(17-11)6-7-16-9-13-8-12-4-2-3-5-14(12)18-13/h2-5,8,10,16H,6-7,9H2,1H3. The highest BCUT2D eigenvalue weighted by Gasteiger charge is 2.03. The number of hydrogen-bond acceptors (Lipinski definition) is 4. The summed E-state index contributed by atoms with van der Waals surface area (Å²) >= 11 is 1.73. The maximum atomic E-state index is 5.75. The van der Waals surface area contributed by atoms with Crippen LogP contribution in [0.1, 0.15) is 16.5 Å². The van der Waals surface area contributed by atoms with Crippen LogP contribution in [0.3, 0.4) is 0 Å². The first kappa shape index (κ1) is 12.4. The van der Waals surface area contributed by atoms with Gasteiger partial charge in [-0.2, -0.15) is 0 Å². The zero-order chi connectivity index (χ0) is 13.1. The van der Waals surface area contributed by atoms with Crippen LogP contribution in [0.2, 0.25) is 0 Å². The van der Waals surface area contributed by atoms with Crippen molar-refractivity contribution in [3.8, 4) is 0 Å². The molecule has 0 aliphatic carbocycles. The molecule has 1 N–H and O–H groups in total. The first-order chi connectivity index (χ1) is 9.31. The van der Waals surface area contributed by atoms with Gasteiger partial charge in [-0.1, -0.05) is 18.2 Å². The van der Waals surface area contributed by atoms with Gasteiger partial charge in [0.15, 0.2) is 0 Å². The number of aryl methyl sites for hydroxylation is 1. The van der Waals surface area contributed by atoms with E-state index in [0.29, 0.717) is 0 Å². The van der Waals surface area contributed by atoms with Crippen molar-refractivity contribution in [2.45, 2.75) is 19.9 Å². The van der Waals surface area contributed by atoms with Gasteiger partial charge in [0.2, 0.25) is 0 Å². The quantitative estimate of drug-likeness (QED) is 0.722. The number of aromatic nitrogens is 1. The minimum absolute atomic E-state index is 0.763. The molecule has 2 aromatic heterocycles. The second kappa shape index (κ2) is 5.55. The molecule has 0 atom stereocenters. The normalized spacial score (nSPS) is 11.2. The summed E-state index contributed by atoms with van der Waals surface area (Å²) in [6.07, 6.45) is 0.971. The summed E-state index contributed by atoms with van der Waals surface area (Å²) in [4.78, 5) is 4.45. The van der Waals surface area contributed by atoms with E-state index < -0.39 is 0 Å². The van der Waals surface area contributed by atoms with Gasteiger partial charge in [0.05, 0.1) is 11.6 Å². The lowest BCUT2D eigenvalue weighted by Crippen LogP contribution is -2.16. The summed E-state index contributed by atoms with van der Waals surface area (Å²) < 4.78 is 5.75. The van der Waals surface area contributed by atoms with Gasteiger partial charge in [0, 0.05) is 29.4 Å². The van der Waals surface area contributed by atoms with Crippen molar-refractivity contribution in [2.24, 2.45) is 0 Å². The van der Waals surface area contributed by atoms with Crippen molar-refractivity contribution in [1.29, 1.82) is 0 Å². The minimum atomic E-state index is 0.763. The fourth-order valence-corrected chi connectivity index (χ4v) is 2.82. The Morgan fingerprint density at radius 3 is 3.00 bits per heavy atom. The highest BCUT2D eigenvalue weighted by Crippen LogP contribution is 2.18. The van der Waals surface area contributed by atoms with Gasteiger partial charge in [-0.25, -0.2) is 4.98 Å². The van der Waals surface area contributed by atoms with Gasteiger partial charge in [0.1, 0.15) is 11.3 Å². The van der Waals surface area contributed by atoms with E-state index in [0.717, 1.165) is 41.9 Å². The van der Waals surface area contributed by atoms with Crippen LogP contribution in [0.15, 0.2) is 40.1 Å². The van der Waals surface area contributed by atoms with Crippen molar-refractivity contribution in [3.05, 3.63) is 52.2 Å². The SMILES string of the molecule is Cc1csc(CCNCc2cc3ccccc3o2)n1. The number of thiazole rings is 1. The van der Waals surface area contributed by atoms with Crippen molar-refractivity contribution in [3.63, 3.8) is 0 Å². The third-order valence-corrected chi connectivity index (χ3v) is 3.98. The molecule has 0 radical (unpaired) electrons. The van der Waals surface area contributed by atoms with Crippen molar-refractivity contribution in [2.75, 3.05) is 6.54 Å². The number of furan rings is 1. The Hall–Kier alpha value is -1.65. The van der Waals surface area contributed by atoms with Crippen LogP contribution >= 0.6 is 11.3 Å². The molecule has 0 spiro atoms. The van der Waals surface area contributed by atoms with Gasteiger partial charge < -0.3 is 9.73 Å². The summed E-state index contributed by atoms with van der Waals surface area (Å²) in [5.74, 6) is 0.983. The fraction of sp³-hybridized carbons (Fsp3) is 0.267. The molecule has 0 amide bonds. The zero-order valence-corrected chi connectivity index (χ0v) is 11.7. The third-order valence-electron chi connectivity index (χ3n) is 2.96. The third kappa shape index (κ3) is 3.03. The molecule has 0 unspecified atom stereocenters. The maximum Gasteiger partial charge on any atom is 0.134 e. The predicted molar refractivity (Wildman–Crippen MR) is 78.5 cm³/mol. The number of hydrogen-bond donors (Lipinski definition) is 1. The highest BCUT2D eigenvalue weighted by atomic mass is 32.1. The van der Waals surface area contributed by atoms with Crippen LogP contribution in [0.5, 0.6) is 0 Å². The monoisotopic (exact) mass is 272 g/mol. The van der Waals surface area contributed by atoms with Crippen LogP contribution < -0.4 is 5.32 Å². The first-order valence-corrected chi connectivity index (χ1v) is 7.28. The second-order valence-electron chi connectivity index (χ2n) is 4.56. The Bertz CT molecular complexity index is 638. The Morgan fingerprint density at radius 2 is 2.21 bits per heavy atom. The Labute approximate surface area is 116 Å². The number of benzene rings is 1. The molecule has 0 aliphatic rings. The zero-order valence-electron chi connectivity index (χ0n) is 10.8. The Balaban J connectivity index is 1.52. The number of para-hydroxylation sites is 1. The molecule has 0 saturated heterocycles. The summed E-state index contributed by atoms with van der Waals surface area (Å²) in [6, 6.07) is 10.2. The molecule has 0 bridgehead atoms. The Kier molecular flexibility index (Phi) is 3.62. The topological polar surface area (TPSA) is 38.1 Å². The lowest BCUT2D eigenvalue weighted by molar-refractivity contribution is 0.515. The first-order valence-electron chi connectivity index (χ1n) is 6.40. The number of nitrogens with zero attached hydrogens (tertiary/aromatic N) is 1. The molecule has 1 aromatic carbocycles. The Morgan fingerprint density at radius 1 is 1.32 bits per heavy atom. The summed E-state index contributed by atoms with van der Waals surface area (Å²) in [7, 11) is 0. The van der Waals surface area contributed by atoms with Crippen LogP contribution in [0, 0.1) is 6.92 Å². The minimum Gasteiger partial charge on any atom is -0.460 e. The predicted octanol–water partition coefficient (Wildman–Crippen LogP) is 3.53. The van der Waals surface area contributed by atoms with Crippen LogP contribution in [-0.4, -0.2) is 11.5 Å². The van der Waals surface area contributed by atoms with E-state index in [4.69, 9.17) is 4.42 Å². The smallest absolute Gasteiger partial charge is 0.134 e. The van der Waals surface area contributed by atoms with Gasteiger partial charge in [0.25, 0.3) is 0 Å². The molecule has 0 aliphatic heterocycles. The summed E-state index contributed by atoms with van der Waals surface area (Å²) in [5, 5.41) is 7.84. The average molecular weight is 272 g/mol. The molecule has 0 fully saturated rings. The van der Waals surface area contributed by atoms with E-state index >= 15 is 0 Å². The largest absolute Gasteiger partial charge is 0.460 e. The van der Waals surface area contributed by atoms with E-state index in [1.54, 1.807) is 11.3 Å². The second-order valence-corrected chi connectivity index (χ2v) is 5.50. The lowest BCUT2D eigenvalue weighted by atomic mass is 10.2. The van der Waals surface area contributed by atoms with Gasteiger partial charge in [-0.05, 0) is 19.1 Å². The molecule has 19 heavy (non-hydrogen) atoms. The van der Waals surface area contributed by atoms with Crippen LogP contribution in [0.4, 0.5) is 0 Å². The molecule has 98 valence electrons. The van der Waals surface area contributed by atoms with E-state index in [2.05, 4.69) is 27.8 Å². The molecule has 2 heterocycles. The average Bonchev–Trinajstić information content (AvgIpc) is 3.00. The summed E-state index contributed by atoms with van der Waals surface area (Å²) in [5.41, 5.74) is 2.06.